The van der Waals surface area contributed by atoms with Gasteiger partial charge in [-0.2, -0.15) is 0 Å². The van der Waals surface area contributed by atoms with E-state index in [9.17, 15) is 0 Å². The Morgan fingerprint density at radius 2 is 1.79 bits per heavy atom. The Morgan fingerprint density at radius 1 is 0.939 bits per heavy atom. The fraction of sp³-hybridized carbons (Fsp3) is 0.520. The average molecular weight is 448 g/mol. The number of hydrogen-bond acceptors (Lipinski definition) is 8. The summed E-state index contributed by atoms with van der Waals surface area (Å²) in [4.78, 5) is 20.3. The highest BCUT2D eigenvalue weighted by Gasteiger charge is 2.27. The molecule has 2 aliphatic heterocycles. The van der Waals surface area contributed by atoms with Gasteiger partial charge in [0.25, 0.3) is 0 Å². The van der Waals surface area contributed by atoms with Gasteiger partial charge in [-0.3, -0.25) is 4.98 Å². The first-order valence-corrected chi connectivity index (χ1v) is 12.0. The molecule has 1 aliphatic carbocycles. The Kier molecular flexibility index (Phi) is 5.68. The molecule has 3 aromatic rings. The van der Waals surface area contributed by atoms with E-state index in [2.05, 4.69) is 37.0 Å². The summed E-state index contributed by atoms with van der Waals surface area (Å²) >= 11 is 0. The van der Waals surface area contributed by atoms with Crippen LogP contribution in [-0.4, -0.2) is 59.0 Å². The van der Waals surface area contributed by atoms with E-state index in [0.717, 1.165) is 99.8 Å². The number of rotatable bonds is 5. The van der Waals surface area contributed by atoms with Gasteiger partial charge < -0.3 is 19.1 Å². The van der Waals surface area contributed by atoms with Crippen LogP contribution in [-0.2, 0) is 17.6 Å². The van der Waals surface area contributed by atoms with Gasteiger partial charge in [0.05, 0.1) is 37.1 Å². The quantitative estimate of drug-likeness (QED) is 0.589. The molecule has 0 N–H and O–H groups in total. The number of morpholine rings is 1. The van der Waals surface area contributed by atoms with Crippen LogP contribution in [0.3, 0.4) is 0 Å². The van der Waals surface area contributed by atoms with Gasteiger partial charge in [0.15, 0.2) is 0 Å². The minimum absolute atomic E-state index is 0.200. The van der Waals surface area contributed by atoms with Crippen LogP contribution in [0, 0.1) is 5.92 Å². The lowest BCUT2D eigenvalue weighted by molar-refractivity contribution is 0.122. The number of nitrogens with zero attached hydrogens (tertiary/aromatic N) is 5. The maximum absolute atomic E-state index is 6.57. The van der Waals surface area contributed by atoms with Gasteiger partial charge in [0, 0.05) is 49.2 Å². The smallest absolute Gasteiger partial charge is 0.220 e. The number of aromatic nitrogens is 4. The predicted molar refractivity (Wildman–Crippen MR) is 124 cm³/mol. The lowest BCUT2D eigenvalue weighted by atomic mass is 9.83. The Bertz CT molecular complexity index is 1130. The highest BCUT2D eigenvalue weighted by atomic mass is 16.5. The Balaban J connectivity index is 1.15. The van der Waals surface area contributed by atoms with Crippen molar-refractivity contribution in [2.24, 2.45) is 5.92 Å². The molecule has 172 valence electrons. The van der Waals surface area contributed by atoms with Gasteiger partial charge in [-0.05, 0) is 44.1 Å². The Morgan fingerprint density at radius 3 is 2.67 bits per heavy atom. The summed E-state index contributed by atoms with van der Waals surface area (Å²) in [5.74, 6) is 2.25. The van der Waals surface area contributed by atoms with Gasteiger partial charge in [0.2, 0.25) is 5.88 Å². The van der Waals surface area contributed by atoms with Gasteiger partial charge in [-0.1, -0.05) is 0 Å². The van der Waals surface area contributed by atoms with Crippen molar-refractivity contribution in [1.82, 2.24) is 19.9 Å². The average Bonchev–Trinajstić information content (AvgIpc) is 3.36. The van der Waals surface area contributed by atoms with E-state index < -0.39 is 0 Å². The highest BCUT2D eigenvalue weighted by Crippen LogP contribution is 2.35. The SMILES string of the molecule is c1nc(CC2CCC(Oc3cc(N4CCOCC4)cc4nccnc34)CC2)c2c(n1)OCC2. The number of fused-ring (bicyclic) bond motifs is 2. The molecule has 33 heavy (non-hydrogen) atoms. The van der Waals surface area contributed by atoms with E-state index in [1.54, 1.807) is 18.7 Å². The molecule has 3 aliphatic rings. The molecule has 0 radical (unpaired) electrons. The molecule has 0 unspecified atom stereocenters. The van der Waals surface area contributed by atoms with Crippen LogP contribution < -0.4 is 14.4 Å². The second kappa shape index (κ2) is 9.09. The maximum Gasteiger partial charge on any atom is 0.220 e. The molecule has 6 rings (SSSR count). The molecule has 2 fully saturated rings. The molecule has 2 aromatic heterocycles. The molecule has 8 heteroatoms. The Labute approximate surface area is 193 Å². The third kappa shape index (κ3) is 4.31. The molecule has 0 spiro atoms. The van der Waals surface area contributed by atoms with Crippen molar-refractivity contribution in [3.63, 3.8) is 0 Å². The normalized spacial score (nSPS) is 22.7. The first-order valence-electron chi connectivity index (χ1n) is 12.0. The third-order valence-electron chi connectivity index (χ3n) is 7.06. The second-order valence-electron chi connectivity index (χ2n) is 9.13. The van der Waals surface area contributed by atoms with E-state index in [4.69, 9.17) is 14.2 Å². The van der Waals surface area contributed by atoms with Crippen molar-refractivity contribution >= 4 is 16.7 Å². The van der Waals surface area contributed by atoms with Crippen LogP contribution in [0.4, 0.5) is 5.69 Å². The summed E-state index contributed by atoms with van der Waals surface area (Å²) in [7, 11) is 0. The molecule has 0 atom stereocenters. The Hall–Kier alpha value is -3.00. The number of hydrogen-bond donors (Lipinski definition) is 0. The summed E-state index contributed by atoms with van der Waals surface area (Å²) in [5, 5.41) is 0. The van der Waals surface area contributed by atoms with Gasteiger partial charge in [-0.15, -0.1) is 0 Å². The van der Waals surface area contributed by atoms with Crippen LogP contribution in [0.1, 0.15) is 36.9 Å². The van der Waals surface area contributed by atoms with Crippen LogP contribution in [0.25, 0.3) is 11.0 Å². The zero-order valence-electron chi connectivity index (χ0n) is 18.8. The number of anilines is 1. The van der Waals surface area contributed by atoms with Crippen molar-refractivity contribution in [2.75, 3.05) is 37.8 Å². The number of ether oxygens (including phenoxy) is 3. The fourth-order valence-electron chi connectivity index (χ4n) is 5.26. The second-order valence-corrected chi connectivity index (χ2v) is 9.13. The van der Waals surface area contributed by atoms with Gasteiger partial charge in [-0.25, -0.2) is 15.0 Å². The van der Waals surface area contributed by atoms with Crippen molar-refractivity contribution in [2.45, 2.75) is 44.6 Å². The van der Waals surface area contributed by atoms with Crippen LogP contribution >= 0.6 is 0 Å². The largest absolute Gasteiger partial charge is 0.488 e. The maximum atomic E-state index is 6.57. The summed E-state index contributed by atoms with van der Waals surface area (Å²) in [6.45, 7) is 3.99. The van der Waals surface area contributed by atoms with Crippen LogP contribution in [0.2, 0.25) is 0 Å². The minimum atomic E-state index is 0.200. The molecule has 0 amide bonds. The number of benzene rings is 1. The summed E-state index contributed by atoms with van der Waals surface area (Å²) in [6, 6.07) is 4.25. The predicted octanol–water partition coefficient (Wildman–Crippen LogP) is 3.37. The van der Waals surface area contributed by atoms with Crippen molar-refractivity contribution in [1.29, 1.82) is 0 Å². The molecule has 1 aromatic carbocycles. The van der Waals surface area contributed by atoms with Gasteiger partial charge in [0.1, 0.15) is 17.6 Å². The van der Waals surface area contributed by atoms with Crippen molar-refractivity contribution in [3.05, 3.63) is 42.1 Å². The van der Waals surface area contributed by atoms with Crippen molar-refractivity contribution in [3.8, 4) is 11.6 Å². The molecule has 0 bridgehead atoms. The molecular weight excluding hydrogens is 418 g/mol. The first-order chi connectivity index (χ1) is 16.3. The van der Waals surface area contributed by atoms with E-state index in [0.29, 0.717) is 5.92 Å². The lowest BCUT2D eigenvalue weighted by Crippen LogP contribution is -2.36. The van der Waals surface area contributed by atoms with Crippen LogP contribution in [0.5, 0.6) is 11.6 Å². The third-order valence-corrected chi connectivity index (χ3v) is 7.06. The summed E-state index contributed by atoms with van der Waals surface area (Å²) in [6.07, 6.45) is 11.6. The van der Waals surface area contributed by atoms with Crippen LogP contribution in [0.15, 0.2) is 30.9 Å². The first kappa shape index (κ1) is 20.6. The molecule has 1 saturated heterocycles. The highest BCUT2D eigenvalue weighted by molar-refractivity contribution is 5.85. The van der Waals surface area contributed by atoms with E-state index in [1.165, 1.54) is 11.3 Å². The van der Waals surface area contributed by atoms with E-state index in [1.807, 2.05) is 0 Å². The monoisotopic (exact) mass is 447 g/mol. The van der Waals surface area contributed by atoms with E-state index >= 15 is 0 Å². The molecular formula is C25H29N5O3. The molecule has 4 heterocycles. The summed E-state index contributed by atoms with van der Waals surface area (Å²) < 4.78 is 17.7. The standard InChI is InChI=1S/C25H29N5O3/c1-3-19(4-2-17(1)13-21-20-5-10-32-25(20)29-16-28-21)33-23-15-18(30-8-11-31-12-9-30)14-22-24(23)27-7-6-26-22/h6-7,14-17,19H,1-5,8-13H2. The zero-order valence-corrected chi connectivity index (χ0v) is 18.8. The zero-order chi connectivity index (χ0) is 22.0. The van der Waals surface area contributed by atoms with E-state index in [-0.39, 0.29) is 6.10 Å². The topological polar surface area (TPSA) is 82.5 Å². The molecule has 1 saturated carbocycles. The van der Waals surface area contributed by atoms with Crippen molar-refractivity contribution < 1.29 is 14.2 Å². The lowest BCUT2D eigenvalue weighted by Gasteiger charge is -2.31. The van der Waals surface area contributed by atoms with Gasteiger partial charge >= 0.3 is 0 Å². The summed E-state index contributed by atoms with van der Waals surface area (Å²) in [5.41, 5.74) is 5.23. The molecule has 8 nitrogen and oxygen atoms in total. The minimum Gasteiger partial charge on any atom is -0.488 e. The fourth-order valence-corrected chi connectivity index (χ4v) is 5.26.